The van der Waals surface area contributed by atoms with Crippen LogP contribution < -0.4 is 16.0 Å². The van der Waals surface area contributed by atoms with Crippen LogP contribution in [0.2, 0.25) is 0 Å². The molecule has 2 amide bonds. The maximum Gasteiger partial charge on any atom is 0.315 e. The third-order valence-electron chi connectivity index (χ3n) is 3.02. The van der Waals surface area contributed by atoms with E-state index in [1.165, 1.54) is 0 Å². The van der Waals surface area contributed by atoms with Gasteiger partial charge in [0.15, 0.2) is 0 Å². The number of amides is 2. The summed E-state index contributed by atoms with van der Waals surface area (Å²) in [6.45, 7) is 10.0. The van der Waals surface area contributed by atoms with E-state index in [9.17, 15) is 4.79 Å². The van der Waals surface area contributed by atoms with Gasteiger partial charge >= 0.3 is 6.03 Å². The minimum Gasteiger partial charge on any atom is -0.334 e. The van der Waals surface area contributed by atoms with Crippen molar-refractivity contribution in [2.75, 3.05) is 13.1 Å². The second-order valence-corrected chi connectivity index (χ2v) is 5.74. The Morgan fingerprint density at radius 3 is 2.56 bits per heavy atom. The Labute approximate surface area is 98.6 Å². The lowest BCUT2D eigenvalue weighted by Crippen LogP contribution is -2.61. The summed E-state index contributed by atoms with van der Waals surface area (Å²) in [4.78, 5) is 11.8. The fraction of sp³-hybridized carbons (Fsp3) is 0.917. The first-order valence-electron chi connectivity index (χ1n) is 6.18. The molecule has 1 saturated heterocycles. The number of urea groups is 1. The topological polar surface area (TPSA) is 53.2 Å². The number of carbonyl (C=O) groups is 1. The van der Waals surface area contributed by atoms with Gasteiger partial charge in [0.1, 0.15) is 0 Å². The van der Waals surface area contributed by atoms with Gasteiger partial charge in [-0.3, -0.25) is 0 Å². The minimum atomic E-state index is -0.179. The van der Waals surface area contributed by atoms with Gasteiger partial charge in [-0.25, -0.2) is 4.79 Å². The van der Waals surface area contributed by atoms with Crippen LogP contribution >= 0.6 is 0 Å². The molecule has 16 heavy (non-hydrogen) atoms. The van der Waals surface area contributed by atoms with Crippen LogP contribution in [-0.4, -0.2) is 30.2 Å². The molecule has 0 aromatic carbocycles. The van der Waals surface area contributed by atoms with Crippen molar-refractivity contribution in [3.8, 4) is 0 Å². The Bertz CT molecular complexity index is 239. The normalized spacial score (nSPS) is 26.2. The molecule has 1 rings (SSSR count). The first kappa shape index (κ1) is 13.3. The Hall–Kier alpha value is -0.770. The molecule has 1 aliphatic heterocycles. The highest BCUT2D eigenvalue weighted by atomic mass is 16.2. The van der Waals surface area contributed by atoms with Crippen LogP contribution in [-0.2, 0) is 0 Å². The number of rotatable bonds is 2. The summed E-state index contributed by atoms with van der Waals surface area (Å²) in [6.07, 6.45) is 3.16. The van der Waals surface area contributed by atoms with Crippen LogP contribution in [0, 0.1) is 0 Å². The van der Waals surface area contributed by atoms with Gasteiger partial charge in [0, 0.05) is 12.1 Å². The van der Waals surface area contributed by atoms with Crippen LogP contribution in [0.3, 0.4) is 0 Å². The molecule has 0 aromatic heterocycles. The van der Waals surface area contributed by atoms with Crippen molar-refractivity contribution in [3.05, 3.63) is 0 Å². The van der Waals surface area contributed by atoms with E-state index in [1.54, 1.807) is 0 Å². The number of hydrogen-bond acceptors (Lipinski definition) is 2. The lowest BCUT2D eigenvalue weighted by molar-refractivity contribution is 0.199. The third-order valence-corrected chi connectivity index (χ3v) is 3.02. The number of piperidine rings is 1. The maximum absolute atomic E-state index is 11.8. The fourth-order valence-corrected chi connectivity index (χ4v) is 2.08. The fourth-order valence-electron chi connectivity index (χ4n) is 2.08. The van der Waals surface area contributed by atoms with E-state index < -0.39 is 0 Å². The summed E-state index contributed by atoms with van der Waals surface area (Å²) in [5.41, 5.74) is -0.241. The largest absolute Gasteiger partial charge is 0.334 e. The Morgan fingerprint density at radius 1 is 1.44 bits per heavy atom. The Balaban J connectivity index is 2.52. The summed E-state index contributed by atoms with van der Waals surface area (Å²) in [7, 11) is 0. The van der Waals surface area contributed by atoms with Gasteiger partial charge in [-0.05, 0) is 46.6 Å². The number of hydrogen-bond donors (Lipinski definition) is 3. The first-order valence-corrected chi connectivity index (χ1v) is 6.18. The van der Waals surface area contributed by atoms with Crippen molar-refractivity contribution in [2.45, 2.75) is 58.0 Å². The molecule has 0 bridgehead atoms. The monoisotopic (exact) mass is 227 g/mol. The number of carbonyl (C=O) groups excluding carboxylic acids is 1. The second kappa shape index (κ2) is 5.04. The smallest absolute Gasteiger partial charge is 0.315 e. The molecule has 1 heterocycles. The Kier molecular flexibility index (Phi) is 4.19. The maximum atomic E-state index is 11.8. The molecule has 94 valence electrons. The van der Waals surface area contributed by atoms with Crippen molar-refractivity contribution < 1.29 is 4.79 Å². The van der Waals surface area contributed by atoms with Crippen molar-refractivity contribution in [2.24, 2.45) is 0 Å². The average Bonchev–Trinajstić information content (AvgIpc) is 2.16. The zero-order valence-corrected chi connectivity index (χ0v) is 10.9. The highest BCUT2D eigenvalue weighted by Crippen LogP contribution is 2.19. The molecule has 1 aliphatic rings. The zero-order valence-electron chi connectivity index (χ0n) is 10.9. The molecule has 4 heteroatoms. The molecule has 0 aromatic rings. The van der Waals surface area contributed by atoms with Gasteiger partial charge in [-0.15, -0.1) is 0 Å². The van der Waals surface area contributed by atoms with Crippen LogP contribution in [0.4, 0.5) is 4.79 Å². The summed E-state index contributed by atoms with van der Waals surface area (Å²) in [5.74, 6) is 0. The van der Waals surface area contributed by atoms with E-state index in [0.717, 1.165) is 32.4 Å². The molecule has 4 nitrogen and oxygen atoms in total. The van der Waals surface area contributed by atoms with Crippen LogP contribution in [0.15, 0.2) is 0 Å². The zero-order chi connectivity index (χ0) is 12.2. The van der Waals surface area contributed by atoms with Crippen molar-refractivity contribution in [3.63, 3.8) is 0 Å². The highest BCUT2D eigenvalue weighted by molar-refractivity contribution is 5.75. The molecule has 1 unspecified atom stereocenters. The molecule has 0 spiro atoms. The van der Waals surface area contributed by atoms with Crippen molar-refractivity contribution >= 4 is 6.03 Å². The number of nitrogens with one attached hydrogen (secondary N) is 3. The van der Waals surface area contributed by atoms with Gasteiger partial charge in [0.25, 0.3) is 0 Å². The predicted molar refractivity (Wildman–Crippen MR) is 66.5 cm³/mol. The third kappa shape index (κ3) is 4.00. The van der Waals surface area contributed by atoms with Crippen molar-refractivity contribution in [1.82, 2.24) is 16.0 Å². The van der Waals surface area contributed by atoms with Gasteiger partial charge < -0.3 is 16.0 Å². The molecular formula is C12H25N3O. The van der Waals surface area contributed by atoms with Crippen molar-refractivity contribution in [1.29, 1.82) is 0 Å². The van der Waals surface area contributed by atoms with E-state index in [4.69, 9.17) is 0 Å². The lowest BCUT2D eigenvalue weighted by Gasteiger charge is -2.38. The van der Waals surface area contributed by atoms with Gasteiger partial charge in [0.2, 0.25) is 0 Å². The standard InChI is InChI=1S/C12H25N3O/c1-5-12(7-6-8-13-9-12)15-10(16)14-11(2,3)4/h13H,5-9H2,1-4H3,(H2,14,15,16). The molecule has 1 atom stereocenters. The van der Waals surface area contributed by atoms with E-state index in [-0.39, 0.29) is 17.1 Å². The summed E-state index contributed by atoms with van der Waals surface area (Å²) < 4.78 is 0. The van der Waals surface area contributed by atoms with E-state index >= 15 is 0 Å². The van der Waals surface area contributed by atoms with E-state index in [0.29, 0.717) is 0 Å². The SMILES string of the molecule is CCC1(NC(=O)NC(C)(C)C)CCCNC1. The molecule has 3 N–H and O–H groups in total. The van der Waals surface area contributed by atoms with Crippen LogP contribution in [0.5, 0.6) is 0 Å². The van der Waals surface area contributed by atoms with Gasteiger partial charge in [0.05, 0.1) is 5.54 Å². The Morgan fingerprint density at radius 2 is 2.12 bits per heavy atom. The highest BCUT2D eigenvalue weighted by Gasteiger charge is 2.32. The molecular weight excluding hydrogens is 202 g/mol. The van der Waals surface area contributed by atoms with Gasteiger partial charge in [-0.1, -0.05) is 6.92 Å². The average molecular weight is 227 g/mol. The summed E-state index contributed by atoms with van der Waals surface area (Å²) in [6, 6.07) is -0.0574. The predicted octanol–water partition coefficient (Wildman–Crippen LogP) is 1.62. The lowest BCUT2D eigenvalue weighted by atomic mass is 9.87. The van der Waals surface area contributed by atoms with Crippen LogP contribution in [0.25, 0.3) is 0 Å². The van der Waals surface area contributed by atoms with Gasteiger partial charge in [-0.2, -0.15) is 0 Å². The van der Waals surface area contributed by atoms with Crippen LogP contribution in [0.1, 0.15) is 47.0 Å². The van der Waals surface area contributed by atoms with E-state index in [2.05, 4.69) is 22.9 Å². The molecule has 0 aliphatic carbocycles. The first-order chi connectivity index (χ1) is 7.37. The summed E-state index contributed by atoms with van der Waals surface area (Å²) >= 11 is 0. The quantitative estimate of drug-likeness (QED) is 0.671. The molecule has 0 saturated carbocycles. The summed E-state index contributed by atoms with van der Waals surface area (Å²) in [5, 5.41) is 9.43. The molecule has 1 fully saturated rings. The van der Waals surface area contributed by atoms with E-state index in [1.807, 2.05) is 20.8 Å². The second-order valence-electron chi connectivity index (χ2n) is 5.74. The molecule has 0 radical (unpaired) electrons. The minimum absolute atomic E-state index is 0.0574.